The molecule has 0 bridgehead atoms. The number of sulfonamides is 1. The normalized spacial score (nSPS) is 12.1. The number of unbranched alkanes of at least 4 members (excludes halogenated alkanes) is 1. The first-order valence-electron chi connectivity index (χ1n) is 13.1. The van der Waals surface area contributed by atoms with E-state index in [0.717, 1.165) is 28.3 Å². The molecule has 3 rings (SSSR count). The third-order valence-electron chi connectivity index (χ3n) is 6.75. The van der Waals surface area contributed by atoms with Crippen molar-refractivity contribution in [2.24, 2.45) is 0 Å². The molecule has 0 radical (unpaired) electrons. The van der Waals surface area contributed by atoms with Crippen molar-refractivity contribution in [2.45, 2.75) is 58.0 Å². The molecule has 0 saturated heterocycles. The summed E-state index contributed by atoms with van der Waals surface area (Å²) in [6.45, 7) is 7.43. The van der Waals surface area contributed by atoms with E-state index in [1.54, 1.807) is 43.3 Å². The summed E-state index contributed by atoms with van der Waals surface area (Å²) in [5, 5.41) is 3.70. The molecule has 3 aromatic carbocycles. The summed E-state index contributed by atoms with van der Waals surface area (Å²) in [7, 11) is -4.17. The summed E-state index contributed by atoms with van der Waals surface area (Å²) in [6, 6.07) is 17.2. The molecule has 3 aromatic rings. The number of nitrogens with one attached hydrogen (secondary N) is 1. The molecule has 0 spiro atoms. The maximum Gasteiger partial charge on any atom is 0.264 e. The van der Waals surface area contributed by atoms with Gasteiger partial charge in [-0.25, -0.2) is 8.42 Å². The number of anilines is 1. The van der Waals surface area contributed by atoms with Crippen molar-refractivity contribution < 1.29 is 18.0 Å². The van der Waals surface area contributed by atoms with Gasteiger partial charge in [0.25, 0.3) is 10.0 Å². The highest BCUT2D eigenvalue weighted by atomic mass is 35.5. The zero-order valence-electron chi connectivity index (χ0n) is 23.2. The van der Waals surface area contributed by atoms with E-state index in [1.807, 2.05) is 26.8 Å². The Kier molecular flexibility index (Phi) is 11.0. The number of hydrogen-bond donors (Lipinski definition) is 1. The number of carbonyl (C=O) groups excluding carboxylic acids is 2. The minimum Gasteiger partial charge on any atom is -0.354 e. The minimum absolute atomic E-state index is 0.00839. The van der Waals surface area contributed by atoms with Gasteiger partial charge in [0.05, 0.1) is 10.6 Å². The molecular formula is C30H35Cl2N3O4S. The van der Waals surface area contributed by atoms with E-state index in [9.17, 15) is 18.0 Å². The van der Waals surface area contributed by atoms with E-state index in [0.29, 0.717) is 27.8 Å². The molecule has 7 nitrogen and oxygen atoms in total. The average molecular weight is 605 g/mol. The van der Waals surface area contributed by atoms with Crippen LogP contribution in [0.4, 0.5) is 5.69 Å². The van der Waals surface area contributed by atoms with Crippen LogP contribution in [0.5, 0.6) is 0 Å². The lowest BCUT2D eigenvalue weighted by Crippen LogP contribution is -2.51. The average Bonchev–Trinajstić information content (AvgIpc) is 2.92. The lowest BCUT2D eigenvalue weighted by Gasteiger charge is -2.32. The second-order valence-electron chi connectivity index (χ2n) is 9.67. The standard InChI is InChI=1S/C30H35Cl2N3O4S/c1-5-6-17-33-30(37)23(4)34(19-24-9-7-8-10-28(24)32)29(36)20-35(26-14-11-21(2)22(3)18-26)40(38,39)27-15-12-25(31)13-16-27/h7-16,18,23H,5-6,17,19-20H2,1-4H3,(H,33,37). The molecule has 0 saturated carbocycles. The van der Waals surface area contributed by atoms with Gasteiger partial charge < -0.3 is 10.2 Å². The van der Waals surface area contributed by atoms with Crippen LogP contribution in [0.25, 0.3) is 0 Å². The van der Waals surface area contributed by atoms with Crippen LogP contribution < -0.4 is 9.62 Å². The summed E-state index contributed by atoms with van der Waals surface area (Å²) < 4.78 is 28.9. The molecule has 0 fully saturated rings. The van der Waals surface area contributed by atoms with Crippen molar-refractivity contribution in [2.75, 3.05) is 17.4 Å². The van der Waals surface area contributed by atoms with Crippen molar-refractivity contribution in [3.05, 3.63) is 93.5 Å². The molecule has 10 heteroatoms. The van der Waals surface area contributed by atoms with Gasteiger partial charge in [0, 0.05) is 23.1 Å². The van der Waals surface area contributed by atoms with Crippen LogP contribution in [-0.2, 0) is 26.2 Å². The highest BCUT2D eigenvalue weighted by Gasteiger charge is 2.33. The molecule has 2 amide bonds. The Balaban J connectivity index is 2.03. The molecule has 1 atom stereocenters. The molecule has 214 valence electrons. The fourth-order valence-electron chi connectivity index (χ4n) is 4.07. The van der Waals surface area contributed by atoms with Gasteiger partial charge in [0.15, 0.2) is 0 Å². The largest absolute Gasteiger partial charge is 0.354 e. The maximum absolute atomic E-state index is 14.0. The summed E-state index contributed by atoms with van der Waals surface area (Å²) in [5.41, 5.74) is 2.84. The van der Waals surface area contributed by atoms with Crippen molar-refractivity contribution in [3.8, 4) is 0 Å². The van der Waals surface area contributed by atoms with Crippen LogP contribution in [0.15, 0.2) is 71.6 Å². The lowest BCUT2D eigenvalue weighted by molar-refractivity contribution is -0.139. The Morgan fingerprint density at radius 1 is 0.950 bits per heavy atom. The van der Waals surface area contributed by atoms with Crippen molar-refractivity contribution in [1.82, 2.24) is 10.2 Å². The molecule has 0 aromatic heterocycles. The highest BCUT2D eigenvalue weighted by molar-refractivity contribution is 7.92. The van der Waals surface area contributed by atoms with Crippen molar-refractivity contribution >= 4 is 50.7 Å². The molecule has 0 aliphatic heterocycles. The van der Waals surface area contributed by atoms with Gasteiger partial charge in [-0.15, -0.1) is 0 Å². The van der Waals surface area contributed by atoms with E-state index < -0.39 is 28.5 Å². The second kappa shape index (κ2) is 14.0. The number of nitrogens with zero attached hydrogens (tertiary/aromatic N) is 2. The molecule has 1 unspecified atom stereocenters. The van der Waals surface area contributed by atoms with Crippen LogP contribution >= 0.6 is 23.2 Å². The van der Waals surface area contributed by atoms with E-state index >= 15 is 0 Å². The zero-order chi connectivity index (χ0) is 29.4. The minimum atomic E-state index is -4.17. The van der Waals surface area contributed by atoms with Gasteiger partial charge in [-0.3, -0.25) is 13.9 Å². The molecule has 1 N–H and O–H groups in total. The lowest BCUT2D eigenvalue weighted by atomic mass is 10.1. The van der Waals surface area contributed by atoms with Gasteiger partial charge >= 0.3 is 0 Å². The molecule has 0 aliphatic carbocycles. The third kappa shape index (κ3) is 7.77. The molecule has 0 aliphatic rings. The first-order valence-corrected chi connectivity index (χ1v) is 15.3. The zero-order valence-corrected chi connectivity index (χ0v) is 25.5. The molecular weight excluding hydrogens is 569 g/mol. The van der Waals surface area contributed by atoms with Gasteiger partial charge in [-0.05, 0) is 86.3 Å². The predicted molar refractivity (Wildman–Crippen MR) is 161 cm³/mol. The van der Waals surface area contributed by atoms with E-state index in [4.69, 9.17) is 23.2 Å². The Hall–Kier alpha value is -3.07. The number of carbonyl (C=O) groups is 2. The van der Waals surface area contributed by atoms with Gasteiger partial charge in [-0.1, -0.05) is 60.8 Å². The monoisotopic (exact) mass is 603 g/mol. The smallest absolute Gasteiger partial charge is 0.264 e. The number of hydrogen-bond acceptors (Lipinski definition) is 4. The summed E-state index contributed by atoms with van der Waals surface area (Å²) in [5.74, 6) is -0.874. The first-order chi connectivity index (χ1) is 18.9. The van der Waals surface area contributed by atoms with E-state index in [-0.39, 0.29) is 17.3 Å². The quantitative estimate of drug-likeness (QED) is 0.252. The molecule has 40 heavy (non-hydrogen) atoms. The van der Waals surface area contributed by atoms with Crippen molar-refractivity contribution in [1.29, 1.82) is 0 Å². The Morgan fingerprint density at radius 2 is 1.62 bits per heavy atom. The Labute approximate surface area is 247 Å². The number of halogens is 2. The third-order valence-corrected chi connectivity index (χ3v) is 9.16. The van der Waals surface area contributed by atoms with E-state index in [1.165, 1.54) is 29.2 Å². The second-order valence-corrected chi connectivity index (χ2v) is 12.4. The van der Waals surface area contributed by atoms with Crippen LogP contribution in [-0.4, -0.2) is 44.3 Å². The van der Waals surface area contributed by atoms with Crippen LogP contribution in [0, 0.1) is 13.8 Å². The first kappa shape index (κ1) is 31.5. The number of rotatable bonds is 12. The van der Waals surface area contributed by atoms with Crippen LogP contribution in [0.2, 0.25) is 10.0 Å². The van der Waals surface area contributed by atoms with Crippen LogP contribution in [0.1, 0.15) is 43.4 Å². The van der Waals surface area contributed by atoms with Gasteiger partial charge in [0.1, 0.15) is 12.6 Å². The number of benzene rings is 3. The molecule has 0 heterocycles. The summed E-state index contributed by atoms with van der Waals surface area (Å²) >= 11 is 12.4. The Morgan fingerprint density at radius 3 is 2.25 bits per heavy atom. The fraction of sp³-hybridized carbons (Fsp3) is 0.333. The predicted octanol–water partition coefficient (Wildman–Crippen LogP) is 6.14. The fourth-order valence-corrected chi connectivity index (χ4v) is 5.80. The van der Waals surface area contributed by atoms with Gasteiger partial charge in [-0.2, -0.15) is 0 Å². The summed E-state index contributed by atoms with van der Waals surface area (Å²) in [6.07, 6.45) is 1.71. The van der Waals surface area contributed by atoms with E-state index in [2.05, 4.69) is 5.32 Å². The van der Waals surface area contributed by atoms with Crippen LogP contribution in [0.3, 0.4) is 0 Å². The SMILES string of the molecule is CCCCNC(=O)C(C)N(Cc1ccccc1Cl)C(=O)CN(c1ccc(C)c(C)c1)S(=O)(=O)c1ccc(Cl)cc1. The summed E-state index contributed by atoms with van der Waals surface area (Å²) in [4.78, 5) is 28.4. The maximum atomic E-state index is 14.0. The topological polar surface area (TPSA) is 86.8 Å². The Bertz CT molecular complexity index is 1450. The number of amides is 2. The van der Waals surface area contributed by atoms with Gasteiger partial charge in [0.2, 0.25) is 11.8 Å². The van der Waals surface area contributed by atoms with Crippen molar-refractivity contribution in [3.63, 3.8) is 0 Å². The number of aryl methyl sites for hydroxylation is 2. The highest BCUT2D eigenvalue weighted by Crippen LogP contribution is 2.27.